The van der Waals surface area contributed by atoms with Crippen molar-refractivity contribution in [1.82, 2.24) is 9.88 Å². The van der Waals surface area contributed by atoms with Crippen molar-refractivity contribution in [3.8, 4) is 10.6 Å². The van der Waals surface area contributed by atoms with Crippen molar-refractivity contribution in [3.63, 3.8) is 0 Å². The highest BCUT2D eigenvalue weighted by Crippen LogP contribution is 2.30. The van der Waals surface area contributed by atoms with Gasteiger partial charge < -0.3 is 18.8 Å². The lowest BCUT2D eigenvalue weighted by molar-refractivity contribution is -0.192. The van der Waals surface area contributed by atoms with Gasteiger partial charge in [-0.05, 0) is 12.5 Å². The van der Waals surface area contributed by atoms with Gasteiger partial charge in [-0.1, -0.05) is 0 Å². The standard InChI is InChI=1S/C16H18N2O4S/c19-14(18-4-1-3-16(11-18)21-6-7-22-16)8-13-10-23-15(17-13)12-2-5-20-9-12/h2,5,9-10H,1,3-4,6-8,11H2. The zero-order chi connectivity index (χ0) is 15.7. The SMILES string of the molecule is O=C(Cc1csc(-c2ccoc2)n1)N1CCCC2(C1)OCCO2. The van der Waals surface area contributed by atoms with Gasteiger partial charge in [0.15, 0.2) is 5.79 Å². The summed E-state index contributed by atoms with van der Waals surface area (Å²) in [5, 5.41) is 2.81. The van der Waals surface area contributed by atoms with Crippen molar-refractivity contribution < 1.29 is 18.7 Å². The van der Waals surface area contributed by atoms with Gasteiger partial charge in [-0.25, -0.2) is 4.98 Å². The quantitative estimate of drug-likeness (QED) is 0.862. The normalized spacial score (nSPS) is 20.3. The zero-order valence-corrected chi connectivity index (χ0v) is 13.5. The first-order valence-electron chi connectivity index (χ1n) is 7.77. The van der Waals surface area contributed by atoms with Crippen LogP contribution in [0.3, 0.4) is 0 Å². The Bertz CT molecular complexity index is 676. The number of rotatable bonds is 3. The zero-order valence-electron chi connectivity index (χ0n) is 12.7. The maximum Gasteiger partial charge on any atom is 0.228 e. The van der Waals surface area contributed by atoms with Crippen LogP contribution >= 0.6 is 11.3 Å². The molecule has 4 heterocycles. The third-order valence-electron chi connectivity index (χ3n) is 4.24. The highest BCUT2D eigenvalue weighted by Gasteiger charge is 2.42. The maximum atomic E-state index is 12.6. The Morgan fingerprint density at radius 1 is 1.39 bits per heavy atom. The van der Waals surface area contributed by atoms with Crippen LogP contribution < -0.4 is 0 Å². The van der Waals surface area contributed by atoms with Crippen LogP contribution in [-0.4, -0.2) is 47.9 Å². The van der Waals surface area contributed by atoms with E-state index in [1.807, 2.05) is 16.3 Å². The minimum absolute atomic E-state index is 0.0761. The first-order valence-corrected chi connectivity index (χ1v) is 8.65. The minimum atomic E-state index is -0.571. The van der Waals surface area contributed by atoms with E-state index in [4.69, 9.17) is 13.9 Å². The minimum Gasteiger partial charge on any atom is -0.472 e. The second-order valence-corrected chi connectivity index (χ2v) is 6.72. The van der Waals surface area contributed by atoms with Crippen molar-refractivity contribution in [2.24, 2.45) is 0 Å². The number of hydrogen-bond donors (Lipinski definition) is 0. The van der Waals surface area contributed by atoms with Crippen molar-refractivity contribution in [3.05, 3.63) is 29.7 Å². The predicted octanol–water partition coefficient (Wildman–Crippen LogP) is 2.31. The predicted molar refractivity (Wildman–Crippen MR) is 84.0 cm³/mol. The highest BCUT2D eigenvalue weighted by molar-refractivity contribution is 7.13. The molecule has 2 aromatic heterocycles. The largest absolute Gasteiger partial charge is 0.472 e. The van der Waals surface area contributed by atoms with Crippen LogP contribution in [-0.2, 0) is 20.7 Å². The first kappa shape index (κ1) is 14.9. The number of likely N-dealkylation sites (tertiary alicyclic amines) is 1. The summed E-state index contributed by atoms with van der Waals surface area (Å²) in [5.41, 5.74) is 1.74. The Labute approximate surface area is 138 Å². The number of ether oxygens (including phenoxy) is 2. The van der Waals surface area contributed by atoms with E-state index < -0.39 is 5.79 Å². The van der Waals surface area contributed by atoms with E-state index in [9.17, 15) is 4.79 Å². The average molecular weight is 334 g/mol. The number of furan rings is 1. The Morgan fingerprint density at radius 3 is 3.04 bits per heavy atom. The lowest BCUT2D eigenvalue weighted by Crippen LogP contribution is -2.51. The summed E-state index contributed by atoms with van der Waals surface area (Å²) in [4.78, 5) is 18.9. The fraction of sp³-hybridized carbons (Fsp3) is 0.500. The summed E-state index contributed by atoms with van der Waals surface area (Å²) >= 11 is 1.52. The summed E-state index contributed by atoms with van der Waals surface area (Å²) < 4.78 is 16.5. The number of carbonyl (C=O) groups is 1. The van der Waals surface area contributed by atoms with Crippen molar-refractivity contribution in [1.29, 1.82) is 0 Å². The van der Waals surface area contributed by atoms with Gasteiger partial charge in [0.05, 0.1) is 38.1 Å². The van der Waals surface area contributed by atoms with Crippen LogP contribution in [0.2, 0.25) is 0 Å². The van der Waals surface area contributed by atoms with Gasteiger partial charge in [-0.2, -0.15) is 0 Å². The molecular weight excluding hydrogens is 316 g/mol. The Balaban J connectivity index is 1.41. The molecule has 1 spiro atoms. The van der Waals surface area contributed by atoms with E-state index in [1.165, 1.54) is 11.3 Å². The molecule has 0 atom stereocenters. The molecule has 23 heavy (non-hydrogen) atoms. The summed E-state index contributed by atoms with van der Waals surface area (Å²) in [5.74, 6) is -0.495. The van der Waals surface area contributed by atoms with E-state index in [1.54, 1.807) is 12.5 Å². The molecule has 0 aliphatic carbocycles. The fourth-order valence-electron chi connectivity index (χ4n) is 3.11. The van der Waals surface area contributed by atoms with E-state index in [-0.39, 0.29) is 5.91 Å². The second-order valence-electron chi connectivity index (χ2n) is 5.86. The molecule has 0 saturated carbocycles. The number of piperidine rings is 1. The molecule has 7 heteroatoms. The van der Waals surface area contributed by atoms with Crippen LogP contribution in [0.1, 0.15) is 18.5 Å². The van der Waals surface area contributed by atoms with E-state index >= 15 is 0 Å². The molecule has 2 aliphatic heterocycles. The second kappa shape index (κ2) is 6.07. The number of aromatic nitrogens is 1. The first-order chi connectivity index (χ1) is 11.2. The van der Waals surface area contributed by atoms with Gasteiger partial charge in [0.2, 0.25) is 5.91 Å². The third kappa shape index (κ3) is 3.04. The molecule has 2 aromatic rings. The molecule has 2 aliphatic rings. The van der Waals surface area contributed by atoms with Gasteiger partial charge in [-0.3, -0.25) is 4.79 Å². The molecule has 0 unspecified atom stereocenters. The number of nitrogens with zero attached hydrogens (tertiary/aromatic N) is 2. The van der Waals surface area contributed by atoms with Gasteiger partial charge in [0, 0.05) is 23.9 Å². The maximum absolute atomic E-state index is 12.6. The van der Waals surface area contributed by atoms with Gasteiger partial charge in [0.25, 0.3) is 0 Å². The smallest absolute Gasteiger partial charge is 0.228 e. The molecule has 0 aromatic carbocycles. The molecule has 0 bridgehead atoms. The van der Waals surface area contributed by atoms with Crippen LogP contribution in [0, 0.1) is 0 Å². The lowest BCUT2D eigenvalue weighted by atomic mass is 10.0. The lowest BCUT2D eigenvalue weighted by Gasteiger charge is -2.38. The van der Waals surface area contributed by atoms with Crippen LogP contribution in [0.15, 0.2) is 28.4 Å². The number of hydrogen-bond acceptors (Lipinski definition) is 6. The van der Waals surface area contributed by atoms with Crippen molar-refractivity contribution in [2.45, 2.75) is 25.0 Å². The van der Waals surface area contributed by atoms with Gasteiger partial charge in [-0.15, -0.1) is 11.3 Å². The topological polar surface area (TPSA) is 64.8 Å². The molecule has 4 rings (SSSR count). The molecular formula is C16H18N2O4S. The Hall–Kier alpha value is -1.70. The molecule has 6 nitrogen and oxygen atoms in total. The fourth-order valence-corrected chi connectivity index (χ4v) is 3.91. The highest BCUT2D eigenvalue weighted by atomic mass is 32.1. The molecule has 2 fully saturated rings. The van der Waals surface area contributed by atoms with E-state index in [0.29, 0.717) is 26.2 Å². The van der Waals surface area contributed by atoms with Crippen LogP contribution in [0.4, 0.5) is 0 Å². The average Bonchev–Trinajstić information content (AvgIpc) is 3.28. The third-order valence-corrected chi connectivity index (χ3v) is 5.18. The molecule has 0 N–H and O–H groups in total. The Kier molecular flexibility index (Phi) is 3.92. The molecule has 1 amide bonds. The molecule has 2 saturated heterocycles. The number of carbonyl (C=O) groups excluding carboxylic acids is 1. The van der Waals surface area contributed by atoms with E-state index in [0.717, 1.165) is 35.7 Å². The van der Waals surface area contributed by atoms with E-state index in [2.05, 4.69) is 4.98 Å². The monoisotopic (exact) mass is 334 g/mol. The van der Waals surface area contributed by atoms with Crippen LogP contribution in [0.5, 0.6) is 0 Å². The number of thiazole rings is 1. The van der Waals surface area contributed by atoms with Crippen molar-refractivity contribution in [2.75, 3.05) is 26.3 Å². The Morgan fingerprint density at radius 2 is 2.26 bits per heavy atom. The van der Waals surface area contributed by atoms with Gasteiger partial charge in [0.1, 0.15) is 11.3 Å². The van der Waals surface area contributed by atoms with Gasteiger partial charge >= 0.3 is 0 Å². The summed E-state index contributed by atoms with van der Waals surface area (Å²) in [6, 6.07) is 1.87. The molecule has 0 radical (unpaired) electrons. The number of amides is 1. The molecule has 122 valence electrons. The van der Waals surface area contributed by atoms with Crippen LogP contribution in [0.25, 0.3) is 10.6 Å². The summed E-state index contributed by atoms with van der Waals surface area (Å²) in [6.45, 7) is 2.50. The summed E-state index contributed by atoms with van der Waals surface area (Å²) in [7, 11) is 0. The summed E-state index contributed by atoms with van der Waals surface area (Å²) in [6.07, 6.45) is 5.36. The van der Waals surface area contributed by atoms with Crippen molar-refractivity contribution >= 4 is 17.2 Å².